The van der Waals surface area contributed by atoms with Gasteiger partial charge in [-0.25, -0.2) is 0 Å². The molecule has 0 radical (unpaired) electrons. The van der Waals surface area contributed by atoms with Crippen molar-refractivity contribution in [1.29, 1.82) is 0 Å². The van der Waals surface area contributed by atoms with Crippen LogP contribution in [0.5, 0.6) is 17.2 Å². The molecule has 0 saturated heterocycles. The summed E-state index contributed by atoms with van der Waals surface area (Å²) in [6.07, 6.45) is 0. The molecule has 2 nitrogen and oxygen atoms in total. The van der Waals surface area contributed by atoms with Crippen LogP contribution < -0.4 is 4.74 Å². The highest BCUT2D eigenvalue weighted by Gasteiger charge is 2.24. The van der Waals surface area contributed by atoms with Crippen LogP contribution in [0.15, 0.2) is 6.07 Å². The summed E-state index contributed by atoms with van der Waals surface area (Å²) in [6, 6.07) is 1.30. The van der Waals surface area contributed by atoms with E-state index in [1.807, 2.05) is 0 Å². The second kappa shape index (κ2) is 7.08. The molecule has 0 aromatic heterocycles. The van der Waals surface area contributed by atoms with Crippen LogP contribution in [-0.4, -0.2) is 5.11 Å². The third kappa shape index (κ3) is 3.26. The van der Waals surface area contributed by atoms with E-state index in [1.54, 1.807) is 0 Å². The number of rotatable bonds is 2. The number of hydrogen-bond donors (Lipinski definition) is 1. The predicted molar refractivity (Wildman–Crippen MR) is 94.7 cm³/mol. The van der Waals surface area contributed by atoms with Crippen LogP contribution >= 0.6 is 92.8 Å². The Bertz CT molecular complexity index is 746. The fourth-order valence-corrected chi connectivity index (χ4v) is 3.11. The maximum Gasteiger partial charge on any atom is 0.190 e. The van der Waals surface area contributed by atoms with Gasteiger partial charge in [0.2, 0.25) is 0 Å². The maximum absolute atomic E-state index is 10.0. The van der Waals surface area contributed by atoms with Gasteiger partial charge in [-0.2, -0.15) is 0 Å². The van der Waals surface area contributed by atoms with Crippen LogP contribution in [0.1, 0.15) is 0 Å². The molecule has 0 aliphatic heterocycles. The monoisotopic (exact) mass is 458 g/mol. The molecule has 10 heteroatoms. The van der Waals surface area contributed by atoms with Crippen molar-refractivity contribution in [3.05, 3.63) is 46.2 Å². The van der Waals surface area contributed by atoms with Crippen molar-refractivity contribution in [3.63, 3.8) is 0 Å². The van der Waals surface area contributed by atoms with E-state index in [0.29, 0.717) is 0 Å². The van der Waals surface area contributed by atoms with Crippen molar-refractivity contribution in [2.24, 2.45) is 0 Å². The number of aromatic hydroxyl groups is 1. The zero-order valence-corrected chi connectivity index (χ0v) is 16.0. The zero-order chi connectivity index (χ0) is 16.8. The van der Waals surface area contributed by atoms with Gasteiger partial charge in [0.25, 0.3) is 0 Å². The molecule has 1 N–H and O–H groups in total. The first-order chi connectivity index (χ1) is 10.2. The van der Waals surface area contributed by atoms with E-state index in [4.69, 9.17) is 97.5 Å². The summed E-state index contributed by atoms with van der Waals surface area (Å²) in [5.74, 6) is -0.774. The molecule has 0 spiro atoms. The van der Waals surface area contributed by atoms with Gasteiger partial charge in [-0.3, -0.25) is 0 Å². The molecule has 0 amide bonds. The Morgan fingerprint density at radius 1 is 0.636 bits per heavy atom. The van der Waals surface area contributed by atoms with Crippen molar-refractivity contribution in [2.75, 3.05) is 0 Å². The molecule has 2 aromatic carbocycles. The lowest BCUT2D eigenvalue weighted by Crippen LogP contribution is -1.91. The molecule has 0 fully saturated rings. The van der Waals surface area contributed by atoms with E-state index in [9.17, 15) is 5.11 Å². The first kappa shape index (κ1) is 18.7. The molecule has 0 bridgehead atoms. The molecule has 118 valence electrons. The maximum atomic E-state index is 10.0. The Morgan fingerprint density at radius 3 is 1.73 bits per heavy atom. The second-order valence-electron chi connectivity index (χ2n) is 3.83. The topological polar surface area (TPSA) is 29.5 Å². The van der Waals surface area contributed by atoms with Crippen LogP contribution in [0.2, 0.25) is 40.2 Å². The average Bonchev–Trinajstić information content (AvgIpc) is 2.50. The molecule has 0 aliphatic rings. The molecular formula is C12H2Cl8O2. The fraction of sp³-hybridized carbons (Fsp3) is 0. The first-order valence-corrected chi connectivity index (χ1v) is 8.24. The predicted octanol–water partition coefficient (Wildman–Crippen LogP) is 8.41. The molecule has 0 saturated carbocycles. The van der Waals surface area contributed by atoms with E-state index in [-0.39, 0.29) is 51.7 Å². The summed E-state index contributed by atoms with van der Waals surface area (Å²) in [5.41, 5.74) is 0. The van der Waals surface area contributed by atoms with Gasteiger partial charge in [0.05, 0.1) is 25.1 Å². The summed E-state index contributed by atoms with van der Waals surface area (Å²) < 4.78 is 5.44. The molecule has 22 heavy (non-hydrogen) atoms. The van der Waals surface area contributed by atoms with Crippen molar-refractivity contribution < 1.29 is 9.84 Å². The third-order valence-corrected chi connectivity index (χ3v) is 5.99. The van der Waals surface area contributed by atoms with E-state index < -0.39 is 5.75 Å². The van der Waals surface area contributed by atoms with Crippen molar-refractivity contribution in [1.82, 2.24) is 0 Å². The van der Waals surface area contributed by atoms with E-state index in [2.05, 4.69) is 0 Å². The lowest BCUT2D eigenvalue weighted by molar-refractivity contribution is 0.412. The SMILES string of the molecule is Oc1c(Cl)c(Cl)c(Cl)c(Cl)c1Oc1cc(Cl)c(Cl)c(Cl)c1Cl. The van der Waals surface area contributed by atoms with Gasteiger partial charge in [0, 0.05) is 6.07 Å². The quantitative estimate of drug-likeness (QED) is 0.359. The highest BCUT2D eigenvalue weighted by atomic mass is 35.5. The number of phenolic OH excluding ortho intramolecular Hbond substituents is 1. The minimum Gasteiger partial charge on any atom is -0.503 e. The minimum absolute atomic E-state index is 0.00674. The summed E-state index contributed by atoms with van der Waals surface area (Å²) in [4.78, 5) is 0. The molecule has 2 aromatic rings. The van der Waals surface area contributed by atoms with Crippen LogP contribution in [-0.2, 0) is 0 Å². The van der Waals surface area contributed by atoms with Gasteiger partial charge in [0.15, 0.2) is 11.5 Å². The standard InChI is InChI=1S/C12H2Cl8O2/c13-2-1-3(5(15)6(16)4(2)14)22-12-10(20)8(18)7(17)9(19)11(12)21/h1,21H. The van der Waals surface area contributed by atoms with Crippen molar-refractivity contribution >= 4 is 92.8 Å². The highest BCUT2D eigenvalue weighted by Crippen LogP contribution is 2.52. The van der Waals surface area contributed by atoms with Gasteiger partial charge in [-0.15, -0.1) is 0 Å². The number of hydrogen-bond acceptors (Lipinski definition) is 2. The zero-order valence-electron chi connectivity index (χ0n) is 9.96. The number of halogens is 8. The molecule has 0 heterocycles. The largest absolute Gasteiger partial charge is 0.503 e. The lowest BCUT2D eigenvalue weighted by Gasteiger charge is -2.15. The first-order valence-electron chi connectivity index (χ1n) is 5.22. The van der Waals surface area contributed by atoms with E-state index >= 15 is 0 Å². The smallest absolute Gasteiger partial charge is 0.190 e. The number of benzene rings is 2. The Kier molecular flexibility index (Phi) is 6.02. The van der Waals surface area contributed by atoms with E-state index in [1.165, 1.54) is 6.07 Å². The second-order valence-corrected chi connectivity index (χ2v) is 6.89. The van der Waals surface area contributed by atoms with E-state index in [0.717, 1.165) is 0 Å². The van der Waals surface area contributed by atoms with Gasteiger partial charge in [-0.1, -0.05) is 92.8 Å². The Morgan fingerprint density at radius 2 is 1.14 bits per heavy atom. The molecular weight excluding hydrogens is 460 g/mol. The Hall–Kier alpha value is 0.360. The summed E-state index contributed by atoms with van der Waals surface area (Å²) in [7, 11) is 0. The normalized spacial score (nSPS) is 10.9. The van der Waals surface area contributed by atoms with Crippen molar-refractivity contribution in [2.45, 2.75) is 0 Å². The molecule has 0 unspecified atom stereocenters. The summed E-state index contributed by atoms with van der Waals surface area (Å²) >= 11 is 47.3. The number of phenols is 1. The fourth-order valence-electron chi connectivity index (χ4n) is 1.43. The average molecular weight is 462 g/mol. The summed E-state index contributed by atoms with van der Waals surface area (Å²) in [6.45, 7) is 0. The molecule has 0 atom stereocenters. The molecule has 0 aliphatic carbocycles. The van der Waals surface area contributed by atoms with Crippen LogP contribution in [0, 0.1) is 0 Å². The van der Waals surface area contributed by atoms with Crippen LogP contribution in [0.3, 0.4) is 0 Å². The summed E-state index contributed by atoms with van der Waals surface area (Å²) in [5, 5.41) is 9.51. The lowest BCUT2D eigenvalue weighted by atomic mass is 10.3. The molecule has 2 rings (SSSR count). The van der Waals surface area contributed by atoms with Gasteiger partial charge < -0.3 is 9.84 Å². The van der Waals surface area contributed by atoms with Crippen LogP contribution in [0.25, 0.3) is 0 Å². The Balaban J connectivity index is 2.63. The van der Waals surface area contributed by atoms with Crippen LogP contribution in [0.4, 0.5) is 0 Å². The highest BCUT2D eigenvalue weighted by molar-refractivity contribution is 6.53. The Labute approximate surface area is 165 Å². The number of ether oxygens (including phenoxy) is 1. The van der Waals surface area contributed by atoms with Gasteiger partial charge >= 0.3 is 0 Å². The van der Waals surface area contributed by atoms with Gasteiger partial charge in [-0.05, 0) is 0 Å². The third-order valence-electron chi connectivity index (χ3n) is 2.48. The van der Waals surface area contributed by atoms with Crippen molar-refractivity contribution in [3.8, 4) is 17.2 Å². The minimum atomic E-state index is -0.515. The van der Waals surface area contributed by atoms with Gasteiger partial charge in [0.1, 0.15) is 20.8 Å².